The van der Waals surface area contributed by atoms with Crippen LogP contribution in [0.2, 0.25) is 5.15 Å². The molecule has 3 heterocycles. The van der Waals surface area contributed by atoms with Gasteiger partial charge in [-0.3, -0.25) is 4.79 Å². The number of carbonyl (C=O) groups is 1. The van der Waals surface area contributed by atoms with Crippen LogP contribution in [0, 0.1) is 12.7 Å². The van der Waals surface area contributed by atoms with Crippen LogP contribution in [-0.4, -0.2) is 25.5 Å². The zero-order chi connectivity index (χ0) is 27.2. The number of halogens is 6. The van der Waals surface area contributed by atoms with Gasteiger partial charge in [-0.2, -0.15) is 18.3 Å². The Hall–Kier alpha value is -3.83. The quantitative estimate of drug-likeness (QED) is 0.215. The molecule has 38 heavy (non-hydrogen) atoms. The molecule has 5 aromatic rings. The average molecular weight is 605 g/mol. The molecule has 0 radical (unpaired) electrons. The Morgan fingerprint density at radius 3 is 2.58 bits per heavy atom. The van der Waals surface area contributed by atoms with Crippen LogP contribution in [0.15, 0.2) is 71.3 Å². The van der Waals surface area contributed by atoms with E-state index in [0.29, 0.717) is 38.2 Å². The summed E-state index contributed by atoms with van der Waals surface area (Å²) in [6.45, 7) is 1.63. The van der Waals surface area contributed by atoms with Crippen molar-refractivity contribution in [2.75, 3.05) is 5.32 Å². The van der Waals surface area contributed by atoms with Crippen molar-refractivity contribution in [3.63, 3.8) is 0 Å². The highest BCUT2D eigenvalue weighted by molar-refractivity contribution is 9.10. The summed E-state index contributed by atoms with van der Waals surface area (Å²) in [6.07, 6.45) is -3.16. The molecule has 5 rings (SSSR count). The molecule has 1 amide bonds. The van der Waals surface area contributed by atoms with E-state index in [1.807, 2.05) is 0 Å². The topological polar surface area (TPSA) is 72.2 Å². The number of carbonyl (C=O) groups excluding carboxylic acids is 1. The number of aryl methyl sites for hydroxylation is 1. The second-order valence-electron chi connectivity index (χ2n) is 8.29. The summed E-state index contributed by atoms with van der Waals surface area (Å²) < 4.78 is 55.3. The third-order valence-corrected chi connectivity index (χ3v) is 6.44. The number of benzene rings is 2. The van der Waals surface area contributed by atoms with Gasteiger partial charge in [-0.25, -0.2) is 18.9 Å². The minimum Gasteiger partial charge on any atom is -0.307 e. The summed E-state index contributed by atoms with van der Waals surface area (Å²) in [4.78, 5) is 21.6. The highest BCUT2D eigenvalue weighted by atomic mass is 79.9. The van der Waals surface area contributed by atoms with Gasteiger partial charge in [-0.05, 0) is 83.0 Å². The van der Waals surface area contributed by atoms with Crippen LogP contribution < -0.4 is 5.32 Å². The lowest BCUT2D eigenvalue weighted by Crippen LogP contribution is -2.14. The lowest BCUT2D eigenvalue weighted by molar-refractivity contribution is -0.137. The Balaban J connectivity index is 1.60. The number of anilines is 1. The second kappa shape index (κ2) is 9.80. The fourth-order valence-corrected chi connectivity index (χ4v) is 4.67. The van der Waals surface area contributed by atoms with Crippen molar-refractivity contribution in [1.82, 2.24) is 19.6 Å². The van der Waals surface area contributed by atoms with E-state index in [0.717, 1.165) is 18.2 Å². The molecule has 0 aliphatic carbocycles. The van der Waals surface area contributed by atoms with E-state index in [-0.39, 0.29) is 22.4 Å². The second-order valence-corrected chi connectivity index (χ2v) is 9.53. The average Bonchev–Trinajstić information content (AvgIpc) is 3.25. The fraction of sp³-hybridized carbons (Fsp3) is 0.0769. The zero-order valence-electron chi connectivity index (χ0n) is 19.3. The molecular weight excluding hydrogens is 590 g/mol. The summed E-state index contributed by atoms with van der Waals surface area (Å²) in [5.74, 6) is -1.05. The number of alkyl halides is 3. The third-order valence-electron chi connectivity index (χ3n) is 5.67. The number of pyridine rings is 1. The maximum absolute atomic E-state index is 14.0. The first kappa shape index (κ1) is 25.8. The van der Waals surface area contributed by atoms with Crippen LogP contribution >= 0.6 is 27.5 Å². The molecule has 0 saturated heterocycles. The normalized spacial score (nSPS) is 11.7. The van der Waals surface area contributed by atoms with Crippen LogP contribution in [0.4, 0.5) is 23.4 Å². The van der Waals surface area contributed by atoms with Gasteiger partial charge in [0.15, 0.2) is 10.8 Å². The van der Waals surface area contributed by atoms with E-state index in [4.69, 9.17) is 16.6 Å². The molecule has 0 unspecified atom stereocenters. The zero-order valence-corrected chi connectivity index (χ0v) is 21.7. The van der Waals surface area contributed by atoms with Crippen molar-refractivity contribution < 1.29 is 22.4 Å². The van der Waals surface area contributed by atoms with E-state index in [2.05, 4.69) is 31.3 Å². The molecule has 6 nitrogen and oxygen atoms in total. The van der Waals surface area contributed by atoms with E-state index in [1.165, 1.54) is 28.9 Å². The number of imidazole rings is 1. The largest absolute Gasteiger partial charge is 0.416 e. The van der Waals surface area contributed by atoms with E-state index in [9.17, 15) is 22.4 Å². The number of aromatic nitrogens is 4. The Morgan fingerprint density at radius 1 is 1.05 bits per heavy atom. The van der Waals surface area contributed by atoms with Crippen LogP contribution in [0.5, 0.6) is 0 Å². The van der Waals surface area contributed by atoms with Gasteiger partial charge in [-0.1, -0.05) is 17.7 Å². The van der Waals surface area contributed by atoms with Crippen molar-refractivity contribution in [2.24, 2.45) is 0 Å². The molecule has 0 bridgehead atoms. The van der Waals surface area contributed by atoms with Crippen LogP contribution in [0.25, 0.3) is 28.2 Å². The summed E-state index contributed by atoms with van der Waals surface area (Å²) in [5, 5.41) is 7.08. The number of nitrogens with one attached hydrogen (secondary N) is 1. The summed E-state index contributed by atoms with van der Waals surface area (Å²) >= 11 is 9.65. The first-order valence-electron chi connectivity index (χ1n) is 11.0. The molecule has 12 heteroatoms. The highest BCUT2D eigenvalue weighted by Crippen LogP contribution is 2.36. The van der Waals surface area contributed by atoms with Gasteiger partial charge >= 0.3 is 6.18 Å². The van der Waals surface area contributed by atoms with Crippen LogP contribution in [-0.2, 0) is 6.18 Å². The molecule has 0 saturated carbocycles. The Labute approximate surface area is 226 Å². The molecule has 3 aromatic heterocycles. The predicted molar refractivity (Wildman–Crippen MR) is 138 cm³/mol. The van der Waals surface area contributed by atoms with Crippen molar-refractivity contribution >= 4 is 44.9 Å². The maximum Gasteiger partial charge on any atom is 0.416 e. The first-order valence-corrected chi connectivity index (χ1v) is 12.1. The molecule has 0 aliphatic heterocycles. The van der Waals surface area contributed by atoms with Crippen molar-refractivity contribution in [3.8, 4) is 22.5 Å². The van der Waals surface area contributed by atoms with Crippen LogP contribution in [0.1, 0.15) is 21.5 Å². The molecule has 1 N–H and O–H groups in total. The molecule has 0 fully saturated rings. The smallest absolute Gasteiger partial charge is 0.307 e. The van der Waals surface area contributed by atoms with E-state index < -0.39 is 17.6 Å². The highest BCUT2D eigenvalue weighted by Gasteiger charge is 2.31. The standard InChI is InChI=1S/C26H15BrClF4N5O/c1-13-9-14(5-6-19(13)29)22-23(37-24(35-22)18(27)12-20(28)36-37)15-7-8-33-21(11-15)34-25(38)16-3-2-4-17(10-16)26(30,31)32/h2-12H,1H3,(H,33,34,38). The van der Waals surface area contributed by atoms with Crippen LogP contribution in [0.3, 0.4) is 0 Å². The number of nitrogens with zero attached hydrogens (tertiary/aromatic N) is 4. The molecule has 2 aromatic carbocycles. The third kappa shape index (κ3) is 4.99. The number of rotatable bonds is 4. The van der Waals surface area contributed by atoms with Gasteiger partial charge in [0.05, 0.1) is 15.7 Å². The summed E-state index contributed by atoms with van der Waals surface area (Å²) in [6, 6.07) is 13.4. The van der Waals surface area contributed by atoms with Gasteiger partial charge in [0.1, 0.15) is 17.3 Å². The van der Waals surface area contributed by atoms with Gasteiger partial charge in [0.2, 0.25) is 0 Å². The SMILES string of the molecule is Cc1cc(-c2nc3c(Br)cc(Cl)nn3c2-c2ccnc(NC(=O)c3cccc(C(F)(F)F)c3)c2)ccc1F. The lowest BCUT2D eigenvalue weighted by Gasteiger charge is -2.10. The number of fused-ring (bicyclic) bond motifs is 1. The fourth-order valence-electron chi connectivity index (χ4n) is 3.88. The van der Waals surface area contributed by atoms with Crippen molar-refractivity contribution in [1.29, 1.82) is 0 Å². The molecular formula is C26H15BrClF4N5O. The predicted octanol–water partition coefficient (Wildman–Crippen LogP) is 7.59. The van der Waals surface area contributed by atoms with Gasteiger partial charge in [0.25, 0.3) is 5.91 Å². The first-order chi connectivity index (χ1) is 18.0. The minimum absolute atomic E-state index is 0.0854. The number of hydrogen-bond donors (Lipinski definition) is 1. The Morgan fingerprint density at radius 2 is 1.84 bits per heavy atom. The summed E-state index contributed by atoms with van der Waals surface area (Å²) in [5.41, 5.74) is 1.81. The molecule has 192 valence electrons. The number of amides is 1. The molecule has 0 aliphatic rings. The van der Waals surface area contributed by atoms with Crippen molar-refractivity contribution in [2.45, 2.75) is 13.1 Å². The monoisotopic (exact) mass is 603 g/mol. The van der Waals surface area contributed by atoms with E-state index >= 15 is 0 Å². The van der Waals surface area contributed by atoms with Gasteiger partial charge in [0, 0.05) is 22.9 Å². The Kier molecular flexibility index (Phi) is 6.66. The Bertz CT molecular complexity index is 1720. The van der Waals surface area contributed by atoms with Gasteiger partial charge in [-0.15, -0.1) is 0 Å². The molecule has 0 atom stereocenters. The van der Waals surface area contributed by atoms with Crippen molar-refractivity contribution in [3.05, 3.63) is 99.0 Å². The summed E-state index contributed by atoms with van der Waals surface area (Å²) in [7, 11) is 0. The number of hydrogen-bond acceptors (Lipinski definition) is 4. The lowest BCUT2D eigenvalue weighted by atomic mass is 10.0. The maximum atomic E-state index is 14.0. The van der Waals surface area contributed by atoms with E-state index in [1.54, 1.807) is 31.2 Å². The van der Waals surface area contributed by atoms with Gasteiger partial charge < -0.3 is 5.32 Å². The minimum atomic E-state index is -4.59. The molecule has 0 spiro atoms.